The molecule has 0 aliphatic heterocycles. The molecule has 0 aliphatic carbocycles. The number of aryl methyl sites for hydroxylation is 1. The molecular weight excluding hydrogens is 324 g/mol. The Balaban J connectivity index is 2.21. The van der Waals surface area contributed by atoms with E-state index in [2.05, 4.69) is 31.4 Å². The van der Waals surface area contributed by atoms with Crippen molar-refractivity contribution >= 4 is 27.4 Å². The van der Waals surface area contributed by atoms with Crippen molar-refractivity contribution in [3.8, 4) is 0 Å². The van der Waals surface area contributed by atoms with Gasteiger partial charge in [0.1, 0.15) is 10.3 Å². The fraction of sp³-hybridized carbons (Fsp3) is 0.417. The van der Waals surface area contributed by atoms with Crippen LogP contribution >= 0.6 is 15.9 Å². The molecule has 2 rings (SSSR count). The van der Waals surface area contributed by atoms with Gasteiger partial charge < -0.3 is 11.1 Å². The summed E-state index contributed by atoms with van der Waals surface area (Å²) >= 11 is 3.31. The molecule has 0 amide bonds. The number of nitrogens with one attached hydrogen (secondary N) is 1. The smallest absolute Gasteiger partial charge is 0.283 e. The predicted octanol–water partition coefficient (Wildman–Crippen LogP) is 1.51. The Bertz CT molecular complexity index is 675. The van der Waals surface area contributed by atoms with Crippen molar-refractivity contribution in [3.05, 3.63) is 32.8 Å². The lowest BCUT2D eigenvalue weighted by atomic mass is 10.3. The molecule has 0 aromatic carbocycles. The summed E-state index contributed by atoms with van der Waals surface area (Å²) in [5, 5.41) is 11.3. The first-order chi connectivity index (χ1) is 9.41. The van der Waals surface area contributed by atoms with Crippen molar-refractivity contribution in [2.45, 2.75) is 26.4 Å². The van der Waals surface area contributed by atoms with Crippen molar-refractivity contribution in [3.63, 3.8) is 0 Å². The van der Waals surface area contributed by atoms with E-state index in [1.807, 2.05) is 13.8 Å². The molecule has 2 heterocycles. The first kappa shape index (κ1) is 14.6. The highest BCUT2D eigenvalue weighted by molar-refractivity contribution is 9.10. The van der Waals surface area contributed by atoms with E-state index >= 15 is 0 Å². The first-order valence-corrected chi connectivity index (χ1v) is 6.98. The maximum absolute atomic E-state index is 12.1. The summed E-state index contributed by atoms with van der Waals surface area (Å²) in [4.78, 5) is 12.1. The maximum atomic E-state index is 12.1. The minimum Gasteiger partial charge on any atom is -0.384 e. The molecule has 20 heavy (non-hydrogen) atoms. The van der Waals surface area contributed by atoms with E-state index in [4.69, 9.17) is 5.73 Å². The number of aromatic nitrogens is 4. The molecular formula is C12H17BrN6O. The number of nitrogens with zero attached hydrogens (tertiary/aromatic N) is 4. The molecule has 0 saturated carbocycles. The first-order valence-electron chi connectivity index (χ1n) is 6.19. The van der Waals surface area contributed by atoms with Crippen LogP contribution in [0.1, 0.15) is 25.5 Å². The van der Waals surface area contributed by atoms with Gasteiger partial charge in [0, 0.05) is 19.2 Å². The van der Waals surface area contributed by atoms with Gasteiger partial charge in [0.15, 0.2) is 0 Å². The summed E-state index contributed by atoms with van der Waals surface area (Å²) in [6.07, 6.45) is 3.32. The summed E-state index contributed by atoms with van der Waals surface area (Å²) in [6.45, 7) is 4.29. The van der Waals surface area contributed by atoms with Crippen LogP contribution < -0.4 is 16.6 Å². The molecule has 2 aromatic rings. The Hall–Kier alpha value is -1.83. The molecule has 0 bridgehead atoms. The van der Waals surface area contributed by atoms with Crippen molar-refractivity contribution in [2.75, 3.05) is 11.1 Å². The van der Waals surface area contributed by atoms with E-state index in [9.17, 15) is 4.79 Å². The number of nitrogen functional groups attached to an aromatic ring is 1. The number of hydrogen-bond donors (Lipinski definition) is 2. The Kier molecular flexibility index (Phi) is 4.12. The largest absolute Gasteiger partial charge is 0.384 e. The van der Waals surface area contributed by atoms with Crippen molar-refractivity contribution in [1.29, 1.82) is 0 Å². The second kappa shape index (κ2) is 5.66. The van der Waals surface area contributed by atoms with Gasteiger partial charge in [-0.05, 0) is 29.8 Å². The number of hydrogen-bond acceptors (Lipinski definition) is 5. The van der Waals surface area contributed by atoms with Crippen LogP contribution in [0.15, 0.2) is 21.7 Å². The van der Waals surface area contributed by atoms with Crippen molar-refractivity contribution in [1.82, 2.24) is 19.6 Å². The second-order valence-electron chi connectivity index (χ2n) is 4.75. The molecule has 3 N–H and O–H groups in total. The zero-order valence-electron chi connectivity index (χ0n) is 11.6. The third-order valence-electron chi connectivity index (χ3n) is 2.97. The van der Waals surface area contributed by atoms with E-state index in [1.165, 1.54) is 4.68 Å². The van der Waals surface area contributed by atoms with Crippen LogP contribution in [0.3, 0.4) is 0 Å². The summed E-state index contributed by atoms with van der Waals surface area (Å²) < 4.78 is 3.48. The summed E-state index contributed by atoms with van der Waals surface area (Å²) in [6, 6.07) is 0.0156. The van der Waals surface area contributed by atoms with Crippen LogP contribution in [0.25, 0.3) is 0 Å². The summed E-state index contributed by atoms with van der Waals surface area (Å²) in [5.41, 5.74) is 7.21. The van der Waals surface area contributed by atoms with E-state index in [0.29, 0.717) is 22.5 Å². The molecule has 0 saturated heterocycles. The van der Waals surface area contributed by atoms with Gasteiger partial charge in [-0.2, -0.15) is 10.2 Å². The van der Waals surface area contributed by atoms with E-state index in [0.717, 1.165) is 5.56 Å². The van der Waals surface area contributed by atoms with E-state index in [1.54, 1.807) is 24.1 Å². The van der Waals surface area contributed by atoms with Gasteiger partial charge in [-0.15, -0.1) is 0 Å². The highest BCUT2D eigenvalue weighted by Crippen LogP contribution is 2.19. The Morgan fingerprint density at radius 1 is 1.40 bits per heavy atom. The van der Waals surface area contributed by atoms with Gasteiger partial charge >= 0.3 is 0 Å². The minimum atomic E-state index is -0.163. The van der Waals surface area contributed by atoms with Crippen molar-refractivity contribution in [2.24, 2.45) is 7.05 Å². The molecule has 0 fully saturated rings. The molecule has 0 spiro atoms. The zero-order chi connectivity index (χ0) is 14.9. The van der Waals surface area contributed by atoms with Crippen LogP contribution in [0.5, 0.6) is 0 Å². The summed E-state index contributed by atoms with van der Waals surface area (Å²) in [7, 11) is 1.78. The number of rotatable bonds is 4. The quantitative estimate of drug-likeness (QED) is 0.880. The molecule has 8 heteroatoms. The van der Waals surface area contributed by atoms with Crippen LogP contribution in [0, 0.1) is 0 Å². The van der Waals surface area contributed by atoms with Crippen LogP contribution in [0.4, 0.5) is 11.5 Å². The van der Waals surface area contributed by atoms with E-state index in [-0.39, 0.29) is 11.6 Å². The molecule has 0 radical (unpaired) electrons. The predicted molar refractivity (Wildman–Crippen MR) is 81.5 cm³/mol. The average molecular weight is 341 g/mol. The molecule has 0 aliphatic rings. The van der Waals surface area contributed by atoms with Crippen LogP contribution in [-0.2, 0) is 13.6 Å². The van der Waals surface area contributed by atoms with Crippen LogP contribution in [-0.4, -0.2) is 19.6 Å². The monoisotopic (exact) mass is 340 g/mol. The Morgan fingerprint density at radius 3 is 2.65 bits per heavy atom. The molecule has 2 aromatic heterocycles. The molecule has 7 nitrogen and oxygen atoms in total. The number of anilines is 2. The highest BCUT2D eigenvalue weighted by Gasteiger charge is 2.11. The molecule has 0 atom stereocenters. The van der Waals surface area contributed by atoms with Crippen molar-refractivity contribution < 1.29 is 0 Å². The molecule has 108 valence electrons. The van der Waals surface area contributed by atoms with Gasteiger partial charge in [0.25, 0.3) is 5.56 Å². The second-order valence-corrected chi connectivity index (χ2v) is 5.54. The number of nitrogens with two attached hydrogens (primary N) is 1. The lowest BCUT2D eigenvalue weighted by Crippen LogP contribution is -2.26. The van der Waals surface area contributed by atoms with Gasteiger partial charge in [-0.25, -0.2) is 4.68 Å². The van der Waals surface area contributed by atoms with Crippen LogP contribution in [0.2, 0.25) is 0 Å². The molecule has 0 unspecified atom stereocenters. The number of halogens is 1. The lowest BCUT2D eigenvalue weighted by molar-refractivity contribution is 0.501. The normalized spacial score (nSPS) is 11.1. The fourth-order valence-electron chi connectivity index (χ4n) is 1.76. The van der Waals surface area contributed by atoms with Gasteiger partial charge in [0.05, 0.1) is 24.1 Å². The maximum Gasteiger partial charge on any atom is 0.283 e. The Morgan fingerprint density at radius 2 is 2.10 bits per heavy atom. The van der Waals surface area contributed by atoms with E-state index < -0.39 is 0 Å². The minimum absolute atomic E-state index is 0.0156. The lowest BCUT2D eigenvalue weighted by Gasteiger charge is -2.12. The highest BCUT2D eigenvalue weighted by atomic mass is 79.9. The average Bonchev–Trinajstić information content (AvgIpc) is 2.71. The van der Waals surface area contributed by atoms with Gasteiger partial charge in [-0.1, -0.05) is 0 Å². The Labute approximate surface area is 124 Å². The fourth-order valence-corrected chi connectivity index (χ4v) is 2.18. The summed E-state index contributed by atoms with van der Waals surface area (Å²) in [5.74, 6) is 0.595. The third kappa shape index (κ3) is 2.69. The topological polar surface area (TPSA) is 90.8 Å². The zero-order valence-corrected chi connectivity index (χ0v) is 13.2. The SMILES string of the molecule is CC(C)n1ncc(NCc2cnn(C)c2N)c(Br)c1=O. The third-order valence-corrected chi connectivity index (χ3v) is 3.73. The standard InChI is InChI=1S/C12H17BrN6O/c1-7(2)19-12(20)10(13)9(6-17-19)15-4-8-5-16-18(3)11(8)14/h5-7,15H,4,14H2,1-3H3. The van der Waals surface area contributed by atoms with Gasteiger partial charge in [0.2, 0.25) is 0 Å². The van der Waals surface area contributed by atoms with Gasteiger partial charge in [-0.3, -0.25) is 9.48 Å².